The van der Waals surface area contributed by atoms with Crippen LogP contribution in [0.25, 0.3) is 0 Å². The van der Waals surface area contributed by atoms with E-state index in [9.17, 15) is 17.6 Å². The maximum atomic E-state index is 13.5. The predicted octanol–water partition coefficient (Wildman–Crippen LogP) is 1.62. The lowest BCUT2D eigenvalue weighted by Crippen LogP contribution is -2.49. The number of hydrogen-bond donors (Lipinski definition) is 0. The standard InChI is InChI=1S/C17H19FN2O5S/c1-24-16-5-4-13(18)11-17(16)26(22,23)20-8-6-19(7-9-20)12-14(21)15-3-2-10-25-15/h2-5,10-11H,6-9,12H2,1H3. The van der Waals surface area contributed by atoms with Crippen LogP contribution in [0.15, 0.2) is 45.9 Å². The van der Waals surface area contributed by atoms with Crippen LogP contribution in [0.4, 0.5) is 4.39 Å². The Morgan fingerprint density at radius 1 is 1.23 bits per heavy atom. The third-order valence-corrected chi connectivity index (χ3v) is 6.16. The summed E-state index contributed by atoms with van der Waals surface area (Å²) in [5, 5.41) is 0. The number of hydrogen-bond acceptors (Lipinski definition) is 6. The topological polar surface area (TPSA) is 80.1 Å². The van der Waals surface area contributed by atoms with Crippen molar-refractivity contribution in [3.63, 3.8) is 0 Å². The number of benzene rings is 1. The van der Waals surface area contributed by atoms with Gasteiger partial charge in [0.25, 0.3) is 0 Å². The third-order valence-electron chi connectivity index (χ3n) is 4.24. The summed E-state index contributed by atoms with van der Waals surface area (Å²) in [5.41, 5.74) is 0. The average Bonchev–Trinajstić information content (AvgIpc) is 3.17. The summed E-state index contributed by atoms with van der Waals surface area (Å²) < 4.78 is 50.6. The number of nitrogens with zero attached hydrogens (tertiary/aromatic N) is 2. The number of piperazine rings is 1. The number of ketones is 1. The zero-order valence-electron chi connectivity index (χ0n) is 14.2. The largest absolute Gasteiger partial charge is 0.495 e. The molecule has 0 amide bonds. The zero-order chi connectivity index (χ0) is 18.7. The lowest BCUT2D eigenvalue weighted by Gasteiger charge is -2.33. The Bertz CT molecular complexity index is 875. The molecule has 7 nitrogen and oxygen atoms in total. The molecule has 1 aromatic carbocycles. The Morgan fingerprint density at radius 2 is 1.96 bits per heavy atom. The molecule has 140 valence electrons. The Balaban J connectivity index is 1.67. The van der Waals surface area contributed by atoms with Gasteiger partial charge >= 0.3 is 0 Å². The first kappa shape index (κ1) is 18.6. The SMILES string of the molecule is COc1ccc(F)cc1S(=O)(=O)N1CCN(CC(=O)c2ccco2)CC1. The molecular weight excluding hydrogens is 363 g/mol. The van der Waals surface area contributed by atoms with Gasteiger partial charge in [-0.2, -0.15) is 4.31 Å². The number of methoxy groups -OCH3 is 1. The second-order valence-corrected chi connectivity index (χ2v) is 7.78. The van der Waals surface area contributed by atoms with Crippen LogP contribution in [0, 0.1) is 5.82 Å². The Labute approximate surface area is 151 Å². The summed E-state index contributed by atoms with van der Waals surface area (Å²) >= 11 is 0. The Kier molecular flexibility index (Phi) is 5.40. The van der Waals surface area contributed by atoms with Crippen LogP contribution in [-0.4, -0.2) is 63.2 Å². The van der Waals surface area contributed by atoms with E-state index in [4.69, 9.17) is 9.15 Å². The number of rotatable bonds is 6. The summed E-state index contributed by atoms with van der Waals surface area (Å²) in [7, 11) is -2.55. The fraction of sp³-hybridized carbons (Fsp3) is 0.353. The van der Waals surface area contributed by atoms with Crippen LogP contribution in [0.3, 0.4) is 0 Å². The first-order valence-electron chi connectivity index (χ1n) is 8.04. The molecule has 0 radical (unpaired) electrons. The van der Waals surface area contributed by atoms with Gasteiger partial charge in [0.1, 0.15) is 16.5 Å². The van der Waals surface area contributed by atoms with E-state index < -0.39 is 15.8 Å². The molecule has 2 heterocycles. The van der Waals surface area contributed by atoms with Crippen LogP contribution in [0.5, 0.6) is 5.75 Å². The fourth-order valence-electron chi connectivity index (χ4n) is 2.84. The van der Waals surface area contributed by atoms with Gasteiger partial charge in [0.2, 0.25) is 15.8 Å². The molecular formula is C17H19FN2O5S. The molecule has 0 unspecified atom stereocenters. The molecule has 0 atom stereocenters. The van der Waals surface area contributed by atoms with Crippen molar-refractivity contribution < 1.29 is 26.8 Å². The highest BCUT2D eigenvalue weighted by atomic mass is 32.2. The van der Waals surface area contributed by atoms with Crippen molar-refractivity contribution in [3.8, 4) is 5.75 Å². The number of carbonyl (C=O) groups excluding carboxylic acids is 1. The molecule has 1 aromatic heterocycles. The maximum Gasteiger partial charge on any atom is 0.246 e. The molecule has 1 aliphatic heterocycles. The van der Waals surface area contributed by atoms with Gasteiger partial charge in [-0.15, -0.1) is 0 Å². The van der Waals surface area contributed by atoms with Crippen molar-refractivity contribution in [1.29, 1.82) is 0 Å². The molecule has 0 aliphatic carbocycles. The lowest BCUT2D eigenvalue weighted by molar-refractivity contribution is 0.0874. The normalized spacial score (nSPS) is 16.5. The molecule has 0 saturated carbocycles. The van der Waals surface area contributed by atoms with Crippen LogP contribution in [0.1, 0.15) is 10.6 Å². The summed E-state index contributed by atoms with van der Waals surface area (Å²) in [4.78, 5) is 13.7. The average molecular weight is 382 g/mol. The van der Waals surface area contributed by atoms with Crippen LogP contribution in [0.2, 0.25) is 0 Å². The van der Waals surface area contributed by atoms with E-state index in [0.29, 0.717) is 13.1 Å². The minimum Gasteiger partial charge on any atom is -0.495 e. The number of Topliss-reactive ketones (excluding diaryl/α,β-unsaturated/α-hetero) is 1. The molecule has 9 heteroatoms. The van der Waals surface area contributed by atoms with Gasteiger partial charge in [-0.05, 0) is 30.3 Å². The van der Waals surface area contributed by atoms with Gasteiger partial charge in [-0.1, -0.05) is 0 Å². The molecule has 0 N–H and O–H groups in total. The minimum atomic E-state index is -3.88. The molecule has 0 spiro atoms. The Morgan fingerprint density at radius 3 is 2.58 bits per heavy atom. The molecule has 1 aliphatic rings. The number of ether oxygens (including phenoxy) is 1. The van der Waals surface area contributed by atoms with Crippen molar-refractivity contribution in [2.45, 2.75) is 4.90 Å². The van der Waals surface area contributed by atoms with Gasteiger partial charge in [0.05, 0.1) is 19.9 Å². The van der Waals surface area contributed by atoms with E-state index in [2.05, 4.69) is 0 Å². The van der Waals surface area contributed by atoms with E-state index in [-0.39, 0.29) is 41.8 Å². The highest BCUT2D eigenvalue weighted by Crippen LogP contribution is 2.28. The van der Waals surface area contributed by atoms with Crippen LogP contribution < -0.4 is 4.74 Å². The van der Waals surface area contributed by atoms with E-state index in [1.807, 2.05) is 4.90 Å². The van der Waals surface area contributed by atoms with E-state index in [1.54, 1.807) is 12.1 Å². The van der Waals surface area contributed by atoms with Gasteiger partial charge in [0.15, 0.2) is 5.76 Å². The van der Waals surface area contributed by atoms with Crippen molar-refractivity contribution in [2.75, 3.05) is 39.8 Å². The predicted molar refractivity (Wildman–Crippen MR) is 91.2 cm³/mol. The molecule has 1 fully saturated rings. The fourth-order valence-corrected chi connectivity index (χ4v) is 4.43. The highest BCUT2D eigenvalue weighted by molar-refractivity contribution is 7.89. The summed E-state index contributed by atoms with van der Waals surface area (Å²) in [5.74, 6) is -0.420. The van der Waals surface area contributed by atoms with Crippen molar-refractivity contribution in [3.05, 3.63) is 48.2 Å². The molecule has 26 heavy (non-hydrogen) atoms. The molecule has 1 saturated heterocycles. The zero-order valence-corrected chi connectivity index (χ0v) is 15.0. The minimum absolute atomic E-state index is 0.0989. The lowest BCUT2D eigenvalue weighted by atomic mass is 10.2. The van der Waals surface area contributed by atoms with Crippen molar-refractivity contribution in [2.24, 2.45) is 0 Å². The number of sulfonamides is 1. The smallest absolute Gasteiger partial charge is 0.246 e. The molecule has 0 bridgehead atoms. The van der Waals surface area contributed by atoms with Gasteiger partial charge in [-0.25, -0.2) is 12.8 Å². The molecule has 3 rings (SSSR count). The number of furan rings is 1. The van der Waals surface area contributed by atoms with E-state index >= 15 is 0 Å². The van der Waals surface area contributed by atoms with Gasteiger partial charge in [0, 0.05) is 26.2 Å². The van der Waals surface area contributed by atoms with Crippen LogP contribution >= 0.6 is 0 Å². The van der Waals surface area contributed by atoms with Crippen LogP contribution in [-0.2, 0) is 10.0 Å². The van der Waals surface area contributed by atoms with Crippen molar-refractivity contribution in [1.82, 2.24) is 9.21 Å². The summed E-state index contributed by atoms with van der Waals surface area (Å²) in [6, 6.07) is 6.64. The first-order valence-corrected chi connectivity index (χ1v) is 9.48. The van der Waals surface area contributed by atoms with Crippen molar-refractivity contribution >= 4 is 15.8 Å². The summed E-state index contributed by atoms with van der Waals surface area (Å²) in [6.45, 7) is 1.35. The van der Waals surface area contributed by atoms with Gasteiger partial charge < -0.3 is 9.15 Å². The van der Waals surface area contributed by atoms with E-state index in [1.165, 1.54) is 23.7 Å². The second-order valence-electron chi connectivity index (χ2n) is 5.88. The monoisotopic (exact) mass is 382 g/mol. The summed E-state index contributed by atoms with van der Waals surface area (Å²) in [6.07, 6.45) is 1.43. The third kappa shape index (κ3) is 3.79. The Hall–Kier alpha value is -2.23. The number of halogens is 1. The first-order chi connectivity index (χ1) is 12.4. The van der Waals surface area contributed by atoms with E-state index in [0.717, 1.165) is 12.1 Å². The second kappa shape index (κ2) is 7.56. The quantitative estimate of drug-likeness (QED) is 0.707. The number of carbonyl (C=O) groups is 1. The van der Waals surface area contributed by atoms with Gasteiger partial charge in [-0.3, -0.25) is 9.69 Å². The molecule has 2 aromatic rings. The highest BCUT2D eigenvalue weighted by Gasteiger charge is 2.31. The maximum absolute atomic E-state index is 13.5.